The quantitative estimate of drug-likeness (QED) is 0.319. The van der Waals surface area contributed by atoms with Crippen molar-refractivity contribution in [3.8, 4) is 0 Å². The van der Waals surface area contributed by atoms with E-state index in [1.54, 1.807) is 0 Å². The molecule has 0 fully saturated rings. The topological polar surface area (TPSA) is 27.7 Å². The second-order valence-corrected chi connectivity index (χ2v) is 3.45. The van der Waals surface area contributed by atoms with E-state index in [2.05, 4.69) is 6.58 Å². The molecule has 0 aromatic carbocycles. The van der Waals surface area contributed by atoms with Crippen LogP contribution in [0.4, 0.5) is 0 Å². The van der Waals surface area contributed by atoms with Gasteiger partial charge in [0.1, 0.15) is 0 Å². The first-order valence-electron chi connectivity index (χ1n) is 5.66. The van der Waals surface area contributed by atoms with Crippen LogP contribution in [0.2, 0.25) is 0 Å². The van der Waals surface area contributed by atoms with Gasteiger partial charge in [0.25, 0.3) is 0 Å². The van der Waals surface area contributed by atoms with Crippen LogP contribution in [0.5, 0.6) is 0 Å². The van der Waals surface area contributed by atoms with E-state index >= 15 is 0 Å². The first-order chi connectivity index (χ1) is 7.20. The third kappa shape index (κ3) is 9.91. The lowest BCUT2D eigenvalue weighted by molar-refractivity contribution is -0.146. The zero-order chi connectivity index (χ0) is 11.5. The Balaban J connectivity index is 3.39. The number of hydrogen-bond acceptors (Lipinski definition) is 3. The Hall–Kier alpha value is -0.380. The molecular formula is C12H24O3. The van der Waals surface area contributed by atoms with Crippen molar-refractivity contribution in [1.82, 2.24) is 0 Å². The highest BCUT2D eigenvalue weighted by atomic mass is 16.7. The van der Waals surface area contributed by atoms with Gasteiger partial charge in [0.2, 0.25) is 0 Å². The van der Waals surface area contributed by atoms with E-state index in [1.807, 2.05) is 20.8 Å². The van der Waals surface area contributed by atoms with Gasteiger partial charge in [0, 0.05) is 19.6 Å². The number of hydrogen-bond donors (Lipinski definition) is 0. The van der Waals surface area contributed by atoms with Crippen LogP contribution in [0.25, 0.3) is 0 Å². The van der Waals surface area contributed by atoms with Crippen molar-refractivity contribution < 1.29 is 14.2 Å². The van der Waals surface area contributed by atoms with Crippen LogP contribution in [-0.2, 0) is 14.2 Å². The van der Waals surface area contributed by atoms with Crippen LogP contribution in [-0.4, -0.2) is 32.7 Å². The summed E-state index contributed by atoms with van der Waals surface area (Å²) >= 11 is 0. The maximum absolute atomic E-state index is 5.45. The van der Waals surface area contributed by atoms with E-state index in [9.17, 15) is 0 Å². The highest BCUT2D eigenvalue weighted by Gasteiger charge is 2.06. The predicted molar refractivity (Wildman–Crippen MR) is 61.9 cm³/mol. The molecule has 0 aromatic rings. The normalized spacial score (nSPS) is 10.9. The maximum atomic E-state index is 5.45. The van der Waals surface area contributed by atoms with E-state index in [4.69, 9.17) is 14.2 Å². The average molecular weight is 216 g/mol. The average Bonchev–Trinajstić information content (AvgIpc) is 2.17. The van der Waals surface area contributed by atoms with Crippen LogP contribution < -0.4 is 0 Å². The highest BCUT2D eigenvalue weighted by Crippen LogP contribution is 2.02. The first-order valence-corrected chi connectivity index (χ1v) is 5.66. The molecule has 3 nitrogen and oxygen atoms in total. The second-order valence-electron chi connectivity index (χ2n) is 3.45. The largest absolute Gasteiger partial charge is 0.381 e. The van der Waals surface area contributed by atoms with Crippen LogP contribution >= 0.6 is 0 Å². The third-order valence-electron chi connectivity index (χ3n) is 1.88. The van der Waals surface area contributed by atoms with Gasteiger partial charge < -0.3 is 14.2 Å². The highest BCUT2D eigenvalue weighted by molar-refractivity contribution is 4.86. The molecule has 0 unspecified atom stereocenters. The number of rotatable bonds is 10. The molecular weight excluding hydrogens is 192 g/mol. The molecule has 0 saturated carbocycles. The fourth-order valence-corrected chi connectivity index (χ4v) is 1.11. The Morgan fingerprint density at radius 3 is 2.20 bits per heavy atom. The zero-order valence-corrected chi connectivity index (χ0v) is 10.3. The molecule has 0 radical (unpaired) electrons. The van der Waals surface area contributed by atoms with Gasteiger partial charge in [-0.15, -0.1) is 6.58 Å². The predicted octanol–water partition coefficient (Wildman–Crippen LogP) is 2.76. The molecule has 3 heteroatoms. The van der Waals surface area contributed by atoms with E-state index in [0.29, 0.717) is 19.8 Å². The van der Waals surface area contributed by atoms with Crippen molar-refractivity contribution >= 4 is 0 Å². The van der Waals surface area contributed by atoms with Gasteiger partial charge >= 0.3 is 0 Å². The lowest BCUT2D eigenvalue weighted by Gasteiger charge is -2.16. The van der Waals surface area contributed by atoms with Gasteiger partial charge in [-0.3, -0.25) is 0 Å². The lowest BCUT2D eigenvalue weighted by Crippen LogP contribution is -2.19. The molecule has 0 N–H and O–H groups in total. The molecule has 0 spiro atoms. The fourth-order valence-electron chi connectivity index (χ4n) is 1.11. The molecule has 0 saturated heterocycles. The molecule has 15 heavy (non-hydrogen) atoms. The van der Waals surface area contributed by atoms with Gasteiger partial charge in [-0.1, -0.05) is 5.57 Å². The standard InChI is InChI=1S/C12H24O3/c1-5-14-12(15-6-2)8-10-13-9-7-11(3)4/h12H,3,5-10H2,1-2,4H3. The SMILES string of the molecule is C=C(C)CCOCCC(OCC)OCC. The lowest BCUT2D eigenvalue weighted by atomic mass is 10.3. The van der Waals surface area contributed by atoms with Crippen molar-refractivity contribution in [1.29, 1.82) is 0 Å². The van der Waals surface area contributed by atoms with Gasteiger partial charge in [-0.25, -0.2) is 0 Å². The molecule has 0 amide bonds. The minimum Gasteiger partial charge on any atom is -0.381 e. The van der Waals surface area contributed by atoms with Crippen LogP contribution in [0.1, 0.15) is 33.6 Å². The molecule has 0 rings (SSSR count). The summed E-state index contributed by atoms with van der Waals surface area (Å²) < 4.78 is 16.2. The van der Waals surface area contributed by atoms with Crippen LogP contribution in [0.15, 0.2) is 12.2 Å². The minimum absolute atomic E-state index is 0.121. The summed E-state index contributed by atoms with van der Waals surface area (Å²) in [6, 6.07) is 0. The first kappa shape index (κ1) is 14.6. The minimum atomic E-state index is -0.121. The summed E-state index contributed by atoms with van der Waals surface area (Å²) in [6.07, 6.45) is 1.59. The Morgan fingerprint density at radius 2 is 1.73 bits per heavy atom. The van der Waals surface area contributed by atoms with E-state index in [-0.39, 0.29) is 6.29 Å². The Labute approximate surface area is 93.4 Å². The van der Waals surface area contributed by atoms with Crippen molar-refractivity contribution in [2.45, 2.75) is 39.9 Å². The smallest absolute Gasteiger partial charge is 0.159 e. The van der Waals surface area contributed by atoms with E-state index in [1.165, 1.54) is 0 Å². The third-order valence-corrected chi connectivity index (χ3v) is 1.88. The molecule has 0 aliphatic rings. The summed E-state index contributed by atoms with van der Waals surface area (Å²) in [6.45, 7) is 12.5. The monoisotopic (exact) mass is 216 g/mol. The Kier molecular flexibility index (Phi) is 9.89. The second kappa shape index (κ2) is 10.1. The summed E-state index contributed by atoms with van der Waals surface area (Å²) in [5.41, 5.74) is 1.15. The molecule has 90 valence electrons. The van der Waals surface area contributed by atoms with Gasteiger partial charge in [-0.2, -0.15) is 0 Å². The van der Waals surface area contributed by atoms with E-state index in [0.717, 1.165) is 25.0 Å². The van der Waals surface area contributed by atoms with E-state index < -0.39 is 0 Å². The Morgan fingerprint density at radius 1 is 1.13 bits per heavy atom. The van der Waals surface area contributed by atoms with Crippen LogP contribution in [0, 0.1) is 0 Å². The van der Waals surface area contributed by atoms with Crippen molar-refractivity contribution in [2.75, 3.05) is 26.4 Å². The zero-order valence-electron chi connectivity index (χ0n) is 10.3. The van der Waals surface area contributed by atoms with Crippen molar-refractivity contribution in [3.05, 3.63) is 12.2 Å². The number of ether oxygens (including phenoxy) is 3. The maximum Gasteiger partial charge on any atom is 0.159 e. The summed E-state index contributed by atoms with van der Waals surface area (Å²) in [5, 5.41) is 0. The molecule has 0 bridgehead atoms. The summed E-state index contributed by atoms with van der Waals surface area (Å²) in [7, 11) is 0. The van der Waals surface area contributed by atoms with Gasteiger partial charge in [-0.05, 0) is 27.2 Å². The molecule has 0 atom stereocenters. The molecule has 0 aromatic heterocycles. The molecule has 0 aliphatic carbocycles. The molecule has 0 aliphatic heterocycles. The van der Waals surface area contributed by atoms with Crippen LogP contribution in [0.3, 0.4) is 0 Å². The van der Waals surface area contributed by atoms with Gasteiger partial charge in [0.05, 0.1) is 13.2 Å². The van der Waals surface area contributed by atoms with Crippen molar-refractivity contribution in [3.63, 3.8) is 0 Å². The fraction of sp³-hybridized carbons (Fsp3) is 0.833. The van der Waals surface area contributed by atoms with Crippen molar-refractivity contribution in [2.24, 2.45) is 0 Å². The summed E-state index contributed by atoms with van der Waals surface area (Å²) in [5.74, 6) is 0. The molecule has 0 heterocycles. The summed E-state index contributed by atoms with van der Waals surface area (Å²) in [4.78, 5) is 0. The van der Waals surface area contributed by atoms with Gasteiger partial charge in [0.15, 0.2) is 6.29 Å². The Bertz CT molecular complexity index is 151.